The van der Waals surface area contributed by atoms with Gasteiger partial charge in [0.2, 0.25) is 5.91 Å². The molecule has 1 saturated heterocycles. The van der Waals surface area contributed by atoms with Crippen LogP contribution in [0.2, 0.25) is 0 Å². The van der Waals surface area contributed by atoms with E-state index in [2.05, 4.69) is 12.2 Å². The van der Waals surface area contributed by atoms with Gasteiger partial charge in [-0.05, 0) is 24.0 Å². The largest absolute Gasteiger partial charge is 0.465 e. The lowest BCUT2D eigenvalue weighted by atomic mass is 9.79. The van der Waals surface area contributed by atoms with Gasteiger partial charge in [-0.15, -0.1) is 11.3 Å². The van der Waals surface area contributed by atoms with Crippen molar-refractivity contribution in [3.05, 3.63) is 108 Å². The molecule has 0 bridgehead atoms. The first kappa shape index (κ1) is 30.7. The van der Waals surface area contributed by atoms with Gasteiger partial charge in [0.1, 0.15) is 0 Å². The van der Waals surface area contributed by atoms with Gasteiger partial charge in [-0.25, -0.2) is 14.6 Å². The monoisotopic (exact) mass is 611 g/mol. The summed E-state index contributed by atoms with van der Waals surface area (Å²) in [6.45, 7) is 3.74. The third kappa shape index (κ3) is 6.75. The molecule has 228 valence electrons. The molecule has 1 aliphatic rings. The van der Waals surface area contributed by atoms with E-state index in [-0.39, 0.29) is 18.4 Å². The molecule has 5 rings (SSSR count). The second kappa shape index (κ2) is 14.2. The Balaban J connectivity index is 1.41. The highest BCUT2D eigenvalue weighted by atomic mass is 32.1. The van der Waals surface area contributed by atoms with Crippen LogP contribution in [0.15, 0.2) is 96.4 Å². The minimum atomic E-state index is -0.965. The number of carboxylic acid groups (broad SMARTS) is 1. The molecule has 2 N–H and O–H groups in total. The summed E-state index contributed by atoms with van der Waals surface area (Å²) in [6, 6.07) is 29.5. The standard InChI is InChI=1S/C34H37N5O4S/c1-2-34(27-15-8-4-9-16-27,28-17-10-5-11-18-28)39(20-12-19-30(40)37-21-23-38(24-22-37)33(42)43)32(41)36-31-35-29(25-44-31)26-13-6-3-7-14-26/h3-11,13-18,25H,2,12,19-24H2,1H3,(H,42,43)(H,35,36,41). The zero-order valence-electron chi connectivity index (χ0n) is 24.8. The van der Waals surface area contributed by atoms with E-state index in [0.717, 1.165) is 22.4 Å². The molecule has 2 heterocycles. The number of rotatable bonds is 10. The first-order chi connectivity index (χ1) is 21.4. The maximum absolute atomic E-state index is 14.3. The van der Waals surface area contributed by atoms with E-state index < -0.39 is 11.6 Å². The van der Waals surface area contributed by atoms with Gasteiger partial charge in [0.05, 0.1) is 11.2 Å². The minimum absolute atomic E-state index is 0.0376. The molecule has 0 spiro atoms. The Morgan fingerprint density at radius 3 is 1.95 bits per heavy atom. The van der Waals surface area contributed by atoms with Gasteiger partial charge in [-0.1, -0.05) is 97.9 Å². The van der Waals surface area contributed by atoms with Crippen LogP contribution in [0.1, 0.15) is 37.3 Å². The zero-order chi connectivity index (χ0) is 30.9. The molecule has 9 nitrogen and oxygen atoms in total. The molecule has 0 atom stereocenters. The van der Waals surface area contributed by atoms with Crippen molar-refractivity contribution in [2.45, 2.75) is 31.7 Å². The summed E-state index contributed by atoms with van der Waals surface area (Å²) in [5, 5.41) is 14.7. The number of nitrogens with one attached hydrogen (secondary N) is 1. The van der Waals surface area contributed by atoms with Crippen molar-refractivity contribution < 1.29 is 19.5 Å². The fourth-order valence-corrected chi connectivity index (χ4v) is 6.61. The molecule has 1 aliphatic heterocycles. The van der Waals surface area contributed by atoms with Crippen LogP contribution in [0.25, 0.3) is 11.3 Å². The number of urea groups is 1. The maximum Gasteiger partial charge on any atom is 0.407 e. The van der Waals surface area contributed by atoms with Gasteiger partial charge in [-0.2, -0.15) is 0 Å². The number of amides is 4. The van der Waals surface area contributed by atoms with Gasteiger partial charge < -0.3 is 19.8 Å². The molecule has 0 unspecified atom stereocenters. The Kier molecular flexibility index (Phi) is 9.91. The summed E-state index contributed by atoms with van der Waals surface area (Å²) in [7, 11) is 0. The van der Waals surface area contributed by atoms with Crippen LogP contribution in [0, 0.1) is 0 Å². The Morgan fingerprint density at radius 2 is 1.41 bits per heavy atom. The van der Waals surface area contributed by atoms with Crippen LogP contribution in [0.5, 0.6) is 0 Å². The summed E-state index contributed by atoms with van der Waals surface area (Å²) < 4.78 is 0. The van der Waals surface area contributed by atoms with Crippen molar-refractivity contribution in [1.29, 1.82) is 0 Å². The molecule has 0 saturated carbocycles. The first-order valence-corrected chi connectivity index (χ1v) is 15.8. The predicted octanol–water partition coefficient (Wildman–Crippen LogP) is 6.60. The molecular weight excluding hydrogens is 574 g/mol. The van der Waals surface area contributed by atoms with Gasteiger partial charge in [0.15, 0.2) is 5.13 Å². The van der Waals surface area contributed by atoms with Crippen LogP contribution in [0.4, 0.5) is 14.7 Å². The second-order valence-corrected chi connectivity index (χ2v) is 11.5. The molecule has 0 aliphatic carbocycles. The lowest BCUT2D eigenvalue weighted by Gasteiger charge is -2.44. The summed E-state index contributed by atoms with van der Waals surface area (Å²) in [5.41, 5.74) is 2.91. The van der Waals surface area contributed by atoms with Gasteiger partial charge in [-0.3, -0.25) is 10.1 Å². The molecule has 0 radical (unpaired) electrons. The van der Waals surface area contributed by atoms with Crippen molar-refractivity contribution in [2.24, 2.45) is 0 Å². The van der Waals surface area contributed by atoms with Gasteiger partial charge >= 0.3 is 12.1 Å². The quantitative estimate of drug-likeness (QED) is 0.210. The maximum atomic E-state index is 14.3. The lowest BCUT2D eigenvalue weighted by molar-refractivity contribution is -0.132. The van der Waals surface area contributed by atoms with Crippen molar-refractivity contribution >= 4 is 34.5 Å². The van der Waals surface area contributed by atoms with E-state index in [0.29, 0.717) is 50.7 Å². The van der Waals surface area contributed by atoms with E-state index in [1.54, 1.807) is 4.90 Å². The summed E-state index contributed by atoms with van der Waals surface area (Å²) in [6.07, 6.45) is 0.329. The number of carbonyl (C=O) groups is 3. The number of aromatic nitrogens is 1. The molecule has 44 heavy (non-hydrogen) atoms. The molecule has 4 aromatic rings. The molecule has 4 amide bonds. The van der Waals surface area contributed by atoms with Crippen molar-refractivity contribution in [2.75, 3.05) is 38.0 Å². The van der Waals surface area contributed by atoms with Gasteiger partial charge in [0.25, 0.3) is 0 Å². The Labute approximate surface area is 261 Å². The van der Waals surface area contributed by atoms with Crippen molar-refractivity contribution in [3.63, 3.8) is 0 Å². The smallest absolute Gasteiger partial charge is 0.407 e. The van der Waals surface area contributed by atoms with E-state index in [1.165, 1.54) is 16.2 Å². The number of piperazine rings is 1. The molecular formula is C34H37N5O4S. The fraction of sp³-hybridized carbons (Fsp3) is 0.294. The first-order valence-electron chi connectivity index (χ1n) is 14.9. The number of nitrogens with zero attached hydrogens (tertiary/aromatic N) is 4. The molecule has 1 aromatic heterocycles. The second-order valence-electron chi connectivity index (χ2n) is 10.7. The highest BCUT2D eigenvalue weighted by Crippen LogP contribution is 2.40. The van der Waals surface area contributed by atoms with Crippen molar-refractivity contribution in [3.8, 4) is 11.3 Å². The minimum Gasteiger partial charge on any atom is -0.465 e. The average molecular weight is 612 g/mol. The number of benzene rings is 3. The number of anilines is 1. The Bertz CT molecular complexity index is 1500. The highest BCUT2D eigenvalue weighted by Gasteiger charge is 2.41. The SMILES string of the molecule is CCC(c1ccccc1)(c1ccccc1)N(CCCC(=O)N1CCN(C(=O)O)CC1)C(=O)Nc1nc(-c2ccccc2)cs1. The summed E-state index contributed by atoms with van der Waals surface area (Å²) in [5.74, 6) is -0.0376. The molecule has 10 heteroatoms. The number of carbonyl (C=O) groups excluding carboxylic acids is 2. The highest BCUT2D eigenvalue weighted by molar-refractivity contribution is 7.14. The predicted molar refractivity (Wildman–Crippen MR) is 173 cm³/mol. The van der Waals surface area contributed by atoms with E-state index >= 15 is 0 Å². The number of thiazole rings is 1. The summed E-state index contributed by atoms with van der Waals surface area (Å²) in [4.78, 5) is 48.3. The third-order valence-corrected chi connectivity index (χ3v) is 8.94. The van der Waals surface area contributed by atoms with Gasteiger partial charge in [0, 0.05) is 50.1 Å². The van der Waals surface area contributed by atoms with Crippen LogP contribution in [-0.4, -0.2) is 75.5 Å². The Hall–Kier alpha value is -4.70. The van der Waals surface area contributed by atoms with Crippen LogP contribution < -0.4 is 5.32 Å². The average Bonchev–Trinajstić information content (AvgIpc) is 3.54. The Morgan fingerprint density at radius 1 is 0.864 bits per heavy atom. The number of hydrogen-bond acceptors (Lipinski definition) is 5. The molecule has 3 aromatic carbocycles. The van der Waals surface area contributed by atoms with E-state index in [4.69, 9.17) is 4.98 Å². The van der Waals surface area contributed by atoms with Crippen LogP contribution in [0.3, 0.4) is 0 Å². The van der Waals surface area contributed by atoms with Crippen LogP contribution >= 0.6 is 11.3 Å². The van der Waals surface area contributed by atoms with Crippen LogP contribution in [-0.2, 0) is 10.3 Å². The zero-order valence-corrected chi connectivity index (χ0v) is 25.6. The fourth-order valence-electron chi connectivity index (χ4n) is 5.90. The van der Waals surface area contributed by atoms with Crippen molar-refractivity contribution in [1.82, 2.24) is 19.7 Å². The summed E-state index contributed by atoms with van der Waals surface area (Å²) >= 11 is 1.37. The van der Waals surface area contributed by atoms with E-state index in [1.807, 2.05) is 101 Å². The topological polar surface area (TPSA) is 106 Å². The van der Waals surface area contributed by atoms with E-state index in [9.17, 15) is 19.5 Å². The third-order valence-electron chi connectivity index (χ3n) is 8.18. The lowest BCUT2D eigenvalue weighted by Crippen LogP contribution is -2.52. The normalized spacial score (nSPS) is 13.4. The molecule has 1 fully saturated rings. The number of hydrogen-bond donors (Lipinski definition) is 2.